The smallest absolute Gasteiger partial charge is 0.227 e. The van der Waals surface area contributed by atoms with Crippen molar-refractivity contribution in [3.05, 3.63) is 76.4 Å². The van der Waals surface area contributed by atoms with E-state index in [4.69, 9.17) is 0 Å². The molecule has 1 heterocycles. The zero-order chi connectivity index (χ0) is 15.1. The van der Waals surface area contributed by atoms with Gasteiger partial charge in [-0.05, 0) is 12.2 Å². The molecule has 1 aromatic heterocycles. The number of rotatable bonds is 6. The molecule has 0 radical (unpaired) electrons. The fourth-order valence-electron chi connectivity index (χ4n) is 1.78. The number of aromatic nitrogens is 2. The third kappa shape index (κ3) is 4.61. The number of nitrogens with zero attached hydrogens (tertiary/aromatic N) is 3. The fraction of sp³-hybridized carbons (Fsp3) is 0.133. The van der Waals surface area contributed by atoms with E-state index >= 15 is 0 Å². The molecule has 2 rings (SSSR count). The highest BCUT2D eigenvalue weighted by atomic mass is 16.6. The van der Waals surface area contributed by atoms with Crippen LogP contribution in [0.2, 0.25) is 0 Å². The Balaban J connectivity index is 2.06. The van der Waals surface area contributed by atoms with Crippen LogP contribution in [0.5, 0.6) is 0 Å². The molecule has 0 aliphatic rings. The van der Waals surface area contributed by atoms with Crippen LogP contribution in [0.25, 0.3) is 6.08 Å². The Bertz CT molecular complexity index is 669. The number of hydrogen-bond donors (Lipinski definition) is 0. The largest absolute Gasteiger partial charge is 0.287 e. The zero-order valence-corrected chi connectivity index (χ0v) is 11.3. The van der Waals surface area contributed by atoms with E-state index in [9.17, 15) is 14.9 Å². The van der Waals surface area contributed by atoms with E-state index < -0.39 is 4.92 Å². The maximum absolute atomic E-state index is 12.1. The molecular weight excluding hydrogens is 270 g/mol. The topological polar surface area (TPSA) is 77.0 Å². The molecule has 2 aromatic rings. The van der Waals surface area contributed by atoms with Gasteiger partial charge in [0.25, 0.3) is 0 Å². The molecule has 0 aliphatic heterocycles. The molecule has 0 fully saturated rings. The van der Waals surface area contributed by atoms with Gasteiger partial charge in [0.1, 0.15) is 5.69 Å². The van der Waals surface area contributed by atoms with E-state index in [-0.39, 0.29) is 18.9 Å². The lowest BCUT2D eigenvalue weighted by Gasteiger charge is -1.98. The number of benzene rings is 1. The van der Waals surface area contributed by atoms with E-state index in [0.29, 0.717) is 11.3 Å². The van der Waals surface area contributed by atoms with E-state index in [0.717, 1.165) is 0 Å². The van der Waals surface area contributed by atoms with E-state index in [2.05, 4.69) is 4.98 Å². The van der Waals surface area contributed by atoms with E-state index in [1.165, 1.54) is 6.08 Å². The van der Waals surface area contributed by atoms with Crippen LogP contribution in [0.1, 0.15) is 16.1 Å². The van der Waals surface area contributed by atoms with Gasteiger partial charge in [0.2, 0.25) is 18.9 Å². The fourth-order valence-corrected chi connectivity index (χ4v) is 1.78. The van der Waals surface area contributed by atoms with Crippen molar-refractivity contribution in [3.8, 4) is 0 Å². The molecule has 0 aliphatic carbocycles. The van der Waals surface area contributed by atoms with Gasteiger partial charge in [0, 0.05) is 10.5 Å². The van der Waals surface area contributed by atoms with Crippen LogP contribution in [-0.4, -0.2) is 22.2 Å². The molecule has 106 valence electrons. The second-order valence-corrected chi connectivity index (χ2v) is 4.36. The molecule has 0 spiro atoms. The highest BCUT2D eigenvalue weighted by molar-refractivity contribution is 5.94. The number of carbonyl (C=O) groups is 1. The van der Waals surface area contributed by atoms with Crippen molar-refractivity contribution in [2.45, 2.75) is 6.54 Å². The van der Waals surface area contributed by atoms with Crippen LogP contribution in [0, 0.1) is 10.1 Å². The van der Waals surface area contributed by atoms with Gasteiger partial charge in [-0.15, -0.1) is 0 Å². The van der Waals surface area contributed by atoms with Gasteiger partial charge in [-0.1, -0.05) is 30.3 Å². The maximum atomic E-state index is 12.1. The van der Waals surface area contributed by atoms with Crippen molar-refractivity contribution in [2.24, 2.45) is 0 Å². The Kier molecular flexibility index (Phi) is 4.87. The van der Waals surface area contributed by atoms with Crippen molar-refractivity contribution in [1.82, 2.24) is 4.98 Å². The summed E-state index contributed by atoms with van der Waals surface area (Å²) in [6.45, 7) is -0.0534. The van der Waals surface area contributed by atoms with Gasteiger partial charge >= 0.3 is 0 Å². The van der Waals surface area contributed by atoms with Crippen molar-refractivity contribution < 1.29 is 14.3 Å². The predicted molar refractivity (Wildman–Crippen MR) is 76.1 cm³/mol. The third-order valence-corrected chi connectivity index (χ3v) is 2.74. The van der Waals surface area contributed by atoms with Gasteiger partial charge < -0.3 is 0 Å². The van der Waals surface area contributed by atoms with Crippen LogP contribution in [-0.2, 0) is 6.54 Å². The lowest BCUT2D eigenvalue weighted by atomic mass is 10.1. The van der Waals surface area contributed by atoms with E-state index in [1.54, 1.807) is 41.4 Å². The first-order chi connectivity index (χ1) is 10.1. The summed E-state index contributed by atoms with van der Waals surface area (Å²) in [5.41, 5.74) is 1.22. The summed E-state index contributed by atoms with van der Waals surface area (Å²) in [6, 6.07) is 9.02. The Labute approximate surface area is 121 Å². The zero-order valence-electron chi connectivity index (χ0n) is 11.3. The molecule has 0 unspecified atom stereocenters. The van der Waals surface area contributed by atoms with Crippen molar-refractivity contribution in [2.75, 3.05) is 6.54 Å². The average molecular weight is 284 g/mol. The minimum absolute atomic E-state index is 0.00739. The maximum Gasteiger partial charge on any atom is 0.227 e. The summed E-state index contributed by atoms with van der Waals surface area (Å²) in [6.07, 6.45) is 7.91. The van der Waals surface area contributed by atoms with E-state index in [1.807, 2.05) is 18.2 Å². The molecule has 0 amide bonds. The normalized spacial score (nSPS) is 10.7. The summed E-state index contributed by atoms with van der Waals surface area (Å²) in [5.74, 6) is -0.00739. The lowest BCUT2D eigenvalue weighted by molar-refractivity contribution is -0.683. The number of carbonyl (C=O) groups excluding carboxylic acids is 1. The summed E-state index contributed by atoms with van der Waals surface area (Å²) in [5, 5.41) is 10.2. The minimum atomic E-state index is -0.424. The Morgan fingerprint density at radius 1 is 1.33 bits per heavy atom. The van der Waals surface area contributed by atoms with Gasteiger partial charge in [0.05, 0.1) is 6.20 Å². The van der Waals surface area contributed by atoms with Gasteiger partial charge in [0.15, 0.2) is 12.4 Å². The second kappa shape index (κ2) is 7.04. The highest BCUT2D eigenvalue weighted by Crippen LogP contribution is 2.00. The van der Waals surface area contributed by atoms with Crippen LogP contribution < -0.4 is 4.57 Å². The van der Waals surface area contributed by atoms with Crippen molar-refractivity contribution >= 4 is 11.9 Å². The standard InChI is InChI=1S/C15H14N3O3/c19-15(13-5-2-1-3-6-13)12-17-10-8-16-14(11-17)7-4-9-18(20)21/h1-8,10-11H,9,12H2/q+1. The summed E-state index contributed by atoms with van der Waals surface area (Å²) < 4.78 is 1.70. The van der Waals surface area contributed by atoms with Crippen LogP contribution in [0.15, 0.2) is 55.0 Å². The lowest BCUT2D eigenvalue weighted by Crippen LogP contribution is -2.37. The first kappa shape index (κ1) is 14.5. The van der Waals surface area contributed by atoms with Crippen molar-refractivity contribution in [3.63, 3.8) is 0 Å². The SMILES string of the molecule is O=C(C[n+]1ccnc(C=CC[N+](=O)[O-])c1)c1ccccc1. The first-order valence-electron chi connectivity index (χ1n) is 6.37. The Hall–Kier alpha value is -2.89. The number of Topliss-reactive ketones (excluding diaryl/α,β-unsaturated/α-hetero) is 1. The molecule has 0 saturated heterocycles. The van der Waals surface area contributed by atoms with Crippen LogP contribution in [0.3, 0.4) is 0 Å². The summed E-state index contributed by atoms with van der Waals surface area (Å²) in [4.78, 5) is 26.0. The molecule has 6 heteroatoms. The quantitative estimate of drug-likeness (QED) is 0.349. The average Bonchev–Trinajstić information content (AvgIpc) is 2.48. The van der Waals surface area contributed by atoms with Crippen LogP contribution in [0.4, 0.5) is 0 Å². The van der Waals surface area contributed by atoms with Crippen LogP contribution >= 0.6 is 0 Å². The molecule has 0 N–H and O–H groups in total. The predicted octanol–water partition coefficient (Wildman–Crippen LogP) is 1.54. The Morgan fingerprint density at radius 2 is 2.10 bits per heavy atom. The summed E-state index contributed by atoms with van der Waals surface area (Å²) >= 11 is 0. The molecule has 0 saturated carbocycles. The Morgan fingerprint density at radius 3 is 2.81 bits per heavy atom. The number of nitro groups is 1. The molecule has 0 atom stereocenters. The number of ketones is 1. The van der Waals surface area contributed by atoms with Crippen molar-refractivity contribution in [1.29, 1.82) is 0 Å². The highest BCUT2D eigenvalue weighted by Gasteiger charge is 2.12. The summed E-state index contributed by atoms with van der Waals surface area (Å²) in [7, 11) is 0. The molecule has 6 nitrogen and oxygen atoms in total. The van der Waals surface area contributed by atoms with Gasteiger partial charge in [-0.2, -0.15) is 4.57 Å². The molecule has 0 bridgehead atoms. The van der Waals surface area contributed by atoms with Gasteiger partial charge in [-0.25, -0.2) is 4.98 Å². The monoisotopic (exact) mass is 284 g/mol. The second-order valence-electron chi connectivity index (χ2n) is 4.36. The molecule has 1 aromatic carbocycles. The van der Waals surface area contributed by atoms with Gasteiger partial charge in [-0.3, -0.25) is 14.9 Å². The molecular formula is C15H14N3O3+. The first-order valence-corrected chi connectivity index (χ1v) is 6.37. The third-order valence-electron chi connectivity index (χ3n) is 2.74. The number of hydrogen-bond acceptors (Lipinski definition) is 4. The minimum Gasteiger partial charge on any atom is -0.287 e. The molecule has 21 heavy (non-hydrogen) atoms.